The van der Waals surface area contributed by atoms with Gasteiger partial charge in [-0.2, -0.15) is 0 Å². The van der Waals surface area contributed by atoms with Crippen molar-refractivity contribution in [2.75, 3.05) is 13.7 Å². The van der Waals surface area contributed by atoms with Crippen LogP contribution in [0.3, 0.4) is 0 Å². The Balaban J connectivity index is 0.00000144. The second kappa shape index (κ2) is 6.22. The van der Waals surface area contributed by atoms with Gasteiger partial charge in [-0.3, -0.25) is 4.79 Å². The Morgan fingerprint density at radius 3 is 2.85 bits per heavy atom. The highest BCUT2D eigenvalue weighted by molar-refractivity contribution is 5.85. The van der Waals surface area contributed by atoms with E-state index in [9.17, 15) is 4.79 Å². The standard InChI is InChI=1S/C9H17NO2.ClH/c1-3-8-6-7(4-5-10-8)9(11)12-2;/h7-8,10H,3-6H2,1-2H3;1H/t7-,8-;/m1./s1. The molecule has 0 aromatic carbocycles. The van der Waals surface area contributed by atoms with E-state index in [1.54, 1.807) is 0 Å². The largest absolute Gasteiger partial charge is 0.469 e. The number of hydrogen-bond donors (Lipinski definition) is 1. The van der Waals surface area contributed by atoms with E-state index in [1.807, 2.05) is 0 Å². The number of carbonyl (C=O) groups is 1. The van der Waals surface area contributed by atoms with Gasteiger partial charge in [-0.1, -0.05) is 6.92 Å². The van der Waals surface area contributed by atoms with Crippen LogP contribution >= 0.6 is 12.4 Å². The van der Waals surface area contributed by atoms with Gasteiger partial charge >= 0.3 is 5.97 Å². The Bertz CT molecular complexity index is 164. The SMILES string of the molecule is CC[C@@H]1C[C@H](C(=O)OC)CCN1.Cl. The molecule has 1 saturated heterocycles. The number of esters is 1. The van der Waals surface area contributed by atoms with Gasteiger partial charge in [0, 0.05) is 6.04 Å². The summed E-state index contributed by atoms with van der Waals surface area (Å²) in [5, 5.41) is 3.37. The summed E-state index contributed by atoms with van der Waals surface area (Å²) in [5.74, 6) is 0.0798. The highest BCUT2D eigenvalue weighted by Crippen LogP contribution is 2.18. The van der Waals surface area contributed by atoms with E-state index in [-0.39, 0.29) is 24.3 Å². The predicted octanol–water partition coefficient (Wildman–Crippen LogP) is 1.36. The van der Waals surface area contributed by atoms with Crippen LogP contribution in [-0.2, 0) is 9.53 Å². The Morgan fingerprint density at radius 1 is 1.62 bits per heavy atom. The molecular formula is C9H18ClNO2. The lowest BCUT2D eigenvalue weighted by Gasteiger charge is -2.27. The average molecular weight is 208 g/mol. The number of piperidine rings is 1. The van der Waals surface area contributed by atoms with Gasteiger partial charge in [0.05, 0.1) is 13.0 Å². The first kappa shape index (κ1) is 12.7. The molecule has 1 N–H and O–H groups in total. The minimum atomic E-state index is -0.0463. The lowest BCUT2D eigenvalue weighted by atomic mass is 9.91. The quantitative estimate of drug-likeness (QED) is 0.695. The zero-order chi connectivity index (χ0) is 8.97. The molecule has 0 amide bonds. The summed E-state index contributed by atoms with van der Waals surface area (Å²) in [6.45, 7) is 3.08. The summed E-state index contributed by atoms with van der Waals surface area (Å²) in [4.78, 5) is 11.2. The van der Waals surface area contributed by atoms with Gasteiger partial charge in [0.1, 0.15) is 0 Å². The zero-order valence-corrected chi connectivity index (χ0v) is 9.02. The van der Waals surface area contributed by atoms with Crippen molar-refractivity contribution in [3.8, 4) is 0 Å². The Labute approximate surface area is 85.6 Å². The topological polar surface area (TPSA) is 38.3 Å². The van der Waals surface area contributed by atoms with Crippen LogP contribution in [-0.4, -0.2) is 25.7 Å². The molecule has 0 radical (unpaired) electrons. The van der Waals surface area contributed by atoms with E-state index in [0.29, 0.717) is 6.04 Å². The molecule has 0 aromatic rings. The molecule has 1 heterocycles. The van der Waals surface area contributed by atoms with Crippen molar-refractivity contribution in [2.45, 2.75) is 32.2 Å². The van der Waals surface area contributed by atoms with Gasteiger partial charge in [-0.15, -0.1) is 12.4 Å². The van der Waals surface area contributed by atoms with Gasteiger partial charge in [0.25, 0.3) is 0 Å². The molecule has 2 atom stereocenters. The van der Waals surface area contributed by atoms with E-state index in [0.717, 1.165) is 25.8 Å². The molecule has 1 rings (SSSR count). The second-order valence-electron chi connectivity index (χ2n) is 3.30. The second-order valence-corrected chi connectivity index (χ2v) is 3.30. The monoisotopic (exact) mass is 207 g/mol. The van der Waals surface area contributed by atoms with Gasteiger partial charge in [0.2, 0.25) is 0 Å². The van der Waals surface area contributed by atoms with Crippen LogP contribution < -0.4 is 5.32 Å². The average Bonchev–Trinajstić information content (AvgIpc) is 2.17. The van der Waals surface area contributed by atoms with Crippen molar-refractivity contribution >= 4 is 18.4 Å². The van der Waals surface area contributed by atoms with Gasteiger partial charge in [-0.05, 0) is 25.8 Å². The lowest BCUT2D eigenvalue weighted by molar-refractivity contribution is -0.146. The molecule has 13 heavy (non-hydrogen) atoms. The molecule has 0 saturated carbocycles. The lowest BCUT2D eigenvalue weighted by Crippen LogP contribution is -2.40. The van der Waals surface area contributed by atoms with E-state index >= 15 is 0 Å². The van der Waals surface area contributed by atoms with Crippen LogP contribution in [0, 0.1) is 5.92 Å². The summed E-state index contributed by atoms with van der Waals surface area (Å²) in [6, 6.07) is 0.503. The summed E-state index contributed by atoms with van der Waals surface area (Å²) in [6.07, 6.45) is 2.94. The molecule has 0 spiro atoms. The molecule has 0 bridgehead atoms. The smallest absolute Gasteiger partial charge is 0.308 e. The Morgan fingerprint density at radius 2 is 2.31 bits per heavy atom. The summed E-state index contributed by atoms with van der Waals surface area (Å²) >= 11 is 0. The minimum absolute atomic E-state index is 0. The predicted molar refractivity (Wildman–Crippen MR) is 54.1 cm³/mol. The van der Waals surface area contributed by atoms with E-state index in [4.69, 9.17) is 4.74 Å². The maximum atomic E-state index is 11.2. The number of halogens is 1. The Hall–Kier alpha value is -0.280. The normalized spacial score (nSPS) is 27.5. The molecule has 1 aliphatic rings. The first-order chi connectivity index (χ1) is 5.77. The van der Waals surface area contributed by atoms with E-state index in [1.165, 1.54) is 7.11 Å². The number of carbonyl (C=O) groups excluding carboxylic acids is 1. The van der Waals surface area contributed by atoms with Gasteiger partial charge in [0.15, 0.2) is 0 Å². The maximum Gasteiger partial charge on any atom is 0.308 e. The Kier molecular flexibility index (Phi) is 6.08. The van der Waals surface area contributed by atoms with Crippen LogP contribution in [0.4, 0.5) is 0 Å². The van der Waals surface area contributed by atoms with Crippen LogP contribution in [0.5, 0.6) is 0 Å². The van der Waals surface area contributed by atoms with E-state index < -0.39 is 0 Å². The third-order valence-electron chi connectivity index (χ3n) is 2.52. The summed E-state index contributed by atoms with van der Waals surface area (Å²) in [5.41, 5.74) is 0. The number of rotatable bonds is 2. The van der Waals surface area contributed by atoms with E-state index in [2.05, 4.69) is 12.2 Å². The fraction of sp³-hybridized carbons (Fsp3) is 0.889. The molecule has 1 fully saturated rings. The number of hydrogen-bond acceptors (Lipinski definition) is 3. The molecular weight excluding hydrogens is 190 g/mol. The van der Waals surface area contributed by atoms with Crippen molar-refractivity contribution in [1.29, 1.82) is 0 Å². The maximum absolute atomic E-state index is 11.2. The fourth-order valence-electron chi connectivity index (χ4n) is 1.70. The molecule has 0 aliphatic carbocycles. The highest BCUT2D eigenvalue weighted by Gasteiger charge is 2.26. The summed E-state index contributed by atoms with van der Waals surface area (Å²) < 4.78 is 4.72. The van der Waals surface area contributed by atoms with Gasteiger partial charge in [-0.25, -0.2) is 0 Å². The minimum Gasteiger partial charge on any atom is -0.469 e. The number of nitrogens with one attached hydrogen (secondary N) is 1. The summed E-state index contributed by atoms with van der Waals surface area (Å²) in [7, 11) is 1.46. The van der Waals surface area contributed by atoms with Crippen LogP contribution in [0.1, 0.15) is 26.2 Å². The number of ether oxygens (including phenoxy) is 1. The fourth-order valence-corrected chi connectivity index (χ4v) is 1.70. The van der Waals surface area contributed by atoms with Crippen LogP contribution in [0.25, 0.3) is 0 Å². The number of methoxy groups -OCH3 is 1. The third kappa shape index (κ3) is 3.53. The van der Waals surface area contributed by atoms with Crippen molar-refractivity contribution in [3.05, 3.63) is 0 Å². The van der Waals surface area contributed by atoms with Crippen molar-refractivity contribution < 1.29 is 9.53 Å². The van der Waals surface area contributed by atoms with Gasteiger partial charge < -0.3 is 10.1 Å². The molecule has 78 valence electrons. The molecule has 0 aromatic heterocycles. The molecule has 0 unspecified atom stereocenters. The zero-order valence-electron chi connectivity index (χ0n) is 8.21. The third-order valence-corrected chi connectivity index (χ3v) is 2.52. The van der Waals surface area contributed by atoms with Crippen molar-refractivity contribution in [1.82, 2.24) is 5.32 Å². The molecule has 3 nitrogen and oxygen atoms in total. The van der Waals surface area contributed by atoms with Crippen molar-refractivity contribution in [2.24, 2.45) is 5.92 Å². The highest BCUT2D eigenvalue weighted by atomic mass is 35.5. The van der Waals surface area contributed by atoms with Crippen LogP contribution in [0.15, 0.2) is 0 Å². The molecule has 4 heteroatoms. The van der Waals surface area contributed by atoms with Crippen LogP contribution in [0.2, 0.25) is 0 Å². The first-order valence-electron chi connectivity index (χ1n) is 4.59. The van der Waals surface area contributed by atoms with Crippen molar-refractivity contribution in [3.63, 3.8) is 0 Å². The first-order valence-corrected chi connectivity index (χ1v) is 4.59. The molecule has 1 aliphatic heterocycles.